The predicted octanol–water partition coefficient (Wildman–Crippen LogP) is 3.80. The Labute approximate surface area is 139 Å². The van der Waals surface area contributed by atoms with Crippen molar-refractivity contribution >= 4 is 41.6 Å². The molecule has 7 heteroatoms. The third-order valence-corrected chi connectivity index (χ3v) is 5.14. The second-order valence-electron chi connectivity index (χ2n) is 6.24. The Hall–Kier alpha value is -0.590. The van der Waals surface area contributed by atoms with E-state index >= 15 is 0 Å². The molecule has 0 aliphatic rings. The van der Waals surface area contributed by atoms with Crippen molar-refractivity contribution in [3.8, 4) is 0 Å². The van der Waals surface area contributed by atoms with Crippen LogP contribution in [-0.4, -0.2) is 32.8 Å². The third kappa shape index (κ3) is 4.97. The molecule has 0 atom stereocenters. The van der Waals surface area contributed by atoms with E-state index in [1.165, 1.54) is 6.07 Å². The van der Waals surface area contributed by atoms with E-state index in [1.807, 2.05) is 20.8 Å². The molecule has 118 valence electrons. The number of halogens is 2. The molecule has 0 aliphatic carbocycles. The number of nitrogens with zero attached hydrogens (tertiary/aromatic N) is 1. The number of hydrogen-bond donors (Lipinski definition) is 0. The minimum absolute atomic E-state index is 0.0479. The molecule has 0 saturated carbocycles. The first kappa shape index (κ1) is 18.5. The van der Waals surface area contributed by atoms with E-state index in [0.29, 0.717) is 22.1 Å². The van der Waals surface area contributed by atoms with Crippen molar-refractivity contribution in [1.82, 2.24) is 4.90 Å². The number of carbonyl (C=O) groups is 1. The summed E-state index contributed by atoms with van der Waals surface area (Å²) in [6.45, 7) is 8.26. The molecule has 1 amide bonds. The smallest absolute Gasteiger partial charge is 0.261 e. The molecule has 1 aromatic rings. The van der Waals surface area contributed by atoms with Gasteiger partial charge in [-0.1, -0.05) is 36.7 Å². The second kappa shape index (κ2) is 6.26. The third-order valence-electron chi connectivity index (χ3n) is 2.86. The van der Waals surface area contributed by atoms with Gasteiger partial charge in [0.15, 0.2) is 0 Å². The highest BCUT2D eigenvalue weighted by molar-refractivity contribution is 9.10. The molecule has 0 aliphatic heterocycles. The lowest BCUT2D eigenvalue weighted by Gasteiger charge is -2.27. The predicted molar refractivity (Wildman–Crippen MR) is 88.3 cm³/mol. The molecule has 0 saturated heterocycles. The zero-order valence-electron chi connectivity index (χ0n) is 12.7. The number of benzene rings is 1. The Kier molecular flexibility index (Phi) is 5.51. The average Bonchev–Trinajstić information content (AvgIpc) is 2.27. The highest BCUT2D eigenvalue weighted by atomic mass is 79.9. The standard InChI is InChI=1S/C14H19BrClNO3S/c1-9-11(15)6-10(7-12(9)21(16,19)20)13(18)17(5)8-14(2,3)4/h6-7H,8H2,1-5H3. The first-order valence-electron chi connectivity index (χ1n) is 6.33. The number of carbonyl (C=O) groups excluding carboxylic acids is 1. The van der Waals surface area contributed by atoms with Crippen LogP contribution in [0.5, 0.6) is 0 Å². The SMILES string of the molecule is Cc1c(Br)cc(C(=O)N(C)CC(C)(C)C)cc1S(=O)(=O)Cl. The molecule has 0 unspecified atom stereocenters. The summed E-state index contributed by atoms with van der Waals surface area (Å²) < 4.78 is 23.7. The summed E-state index contributed by atoms with van der Waals surface area (Å²) in [6.07, 6.45) is 0. The van der Waals surface area contributed by atoms with Crippen molar-refractivity contribution in [2.24, 2.45) is 5.41 Å². The Morgan fingerprint density at radius 1 is 1.33 bits per heavy atom. The van der Waals surface area contributed by atoms with Crippen LogP contribution in [0, 0.1) is 12.3 Å². The van der Waals surface area contributed by atoms with Crippen LogP contribution in [0.4, 0.5) is 0 Å². The molecule has 0 bridgehead atoms. The number of hydrogen-bond acceptors (Lipinski definition) is 3. The van der Waals surface area contributed by atoms with Crippen molar-refractivity contribution in [3.63, 3.8) is 0 Å². The van der Waals surface area contributed by atoms with Crippen molar-refractivity contribution in [1.29, 1.82) is 0 Å². The van der Waals surface area contributed by atoms with Gasteiger partial charge in [-0.15, -0.1) is 0 Å². The van der Waals surface area contributed by atoms with Crippen LogP contribution in [0.3, 0.4) is 0 Å². The summed E-state index contributed by atoms with van der Waals surface area (Å²) >= 11 is 3.27. The summed E-state index contributed by atoms with van der Waals surface area (Å²) in [5.41, 5.74) is 0.728. The van der Waals surface area contributed by atoms with E-state index in [9.17, 15) is 13.2 Å². The molecule has 4 nitrogen and oxygen atoms in total. The van der Waals surface area contributed by atoms with Crippen molar-refractivity contribution < 1.29 is 13.2 Å². The maximum atomic E-state index is 12.4. The van der Waals surface area contributed by atoms with Crippen molar-refractivity contribution in [2.75, 3.05) is 13.6 Å². The van der Waals surface area contributed by atoms with Crippen LogP contribution >= 0.6 is 26.6 Å². The van der Waals surface area contributed by atoms with Crippen molar-refractivity contribution in [2.45, 2.75) is 32.6 Å². The lowest BCUT2D eigenvalue weighted by Crippen LogP contribution is -2.34. The molecule has 0 radical (unpaired) electrons. The molecule has 0 N–H and O–H groups in total. The largest absolute Gasteiger partial charge is 0.341 e. The van der Waals surface area contributed by atoms with Gasteiger partial charge in [0.2, 0.25) is 0 Å². The summed E-state index contributed by atoms with van der Waals surface area (Å²) in [7, 11) is 3.21. The van der Waals surface area contributed by atoms with E-state index in [1.54, 1.807) is 24.9 Å². The molecule has 1 rings (SSSR count). The van der Waals surface area contributed by atoms with Crippen molar-refractivity contribution in [3.05, 3.63) is 27.7 Å². The fourth-order valence-electron chi connectivity index (χ4n) is 2.03. The van der Waals surface area contributed by atoms with Gasteiger partial charge in [-0.25, -0.2) is 8.42 Å². The lowest BCUT2D eigenvalue weighted by molar-refractivity contribution is 0.0745. The fourth-order valence-corrected chi connectivity index (χ4v) is 3.85. The highest BCUT2D eigenvalue weighted by Gasteiger charge is 2.23. The van der Waals surface area contributed by atoms with E-state index < -0.39 is 9.05 Å². The first-order valence-corrected chi connectivity index (χ1v) is 9.43. The summed E-state index contributed by atoms with van der Waals surface area (Å²) in [5.74, 6) is -0.243. The molecule has 0 heterocycles. The van der Waals surface area contributed by atoms with E-state index in [-0.39, 0.29) is 16.2 Å². The Balaban J connectivity index is 3.27. The van der Waals surface area contributed by atoms with Crippen LogP contribution in [0.25, 0.3) is 0 Å². The van der Waals surface area contributed by atoms with Gasteiger partial charge in [-0.2, -0.15) is 0 Å². The monoisotopic (exact) mass is 395 g/mol. The molecule has 0 fully saturated rings. The quantitative estimate of drug-likeness (QED) is 0.730. The summed E-state index contributed by atoms with van der Waals surface area (Å²) in [5, 5.41) is 0. The normalized spacial score (nSPS) is 12.3. The van der Waals surface area contributed by atoms with E-state index in [0.717, 1.165) is 0 Å². The van der Waals surface area contributed by atoms with Crippen LogP contribution in [0.15, 0.2) is 21.5 Å². The van der Waals surface area contributed by atoms with E-state index in [4.69, 9.17) is 10.7 Å². The van der Waals surface area contributed by atoms with Gasteiger partial charge in [0.25, 0.3) is 15.0 Å². The Bertz CT molecular complexity index is 666. The average molecular weight is 397 g/mol. The maximum Gasteiger partial charge on any atom is 0.261 e. The highest BCUT2D eigenvalue weighted by Crippen LogP contribution is 2.29. The lowest BCUT2D eigenvalue weighted by atomic mass is 9.96. The molecule has 0 spiro atoms. The molecule has 1 aromatic carbocycles. The first-order chi connectivity index (χ1) is 9.33. The zero-order valence-corrected chi connectivity index (χ0v) is 15.9. The van der Waals surface area contributed by atoms with Crippen LogP contribution in [0.1, 0.15) is 36.7 Å². The fraction of sp³-hybridized carbons (Fsp3) is 0.500. The summed E-state index contributed by atoms with van der Waals surface area (Å²) in [4.78, 5) is 14.0. The van der Waals surface area contributed by atoms with Gasteiger partial charge in [0.05, 0.1) is 4.90 Å². The number of amides is 1. The topological polar surface area (TPSA) is 54.5 Å². The zero-order chi connectivity index (χ0) is 16.6. The van der Waals surface area contributed by atoms with Gasteiger partial charge in [0, 0.05) is 34.3 Å². The van der Waals surface area contributed by atoms with Gasteiger partial charge in [-0.3, -0.25) is 4.79 Å². The molecular formula is C14H19BrClNO3S. The minimum atomic E-state index is -3.90. The number of rotatable bonds is 3. The van der Waals surface area contributed by atoms with Gasteiger partial charge in [0.1, 0.15) is 0 Å². The molecular weight excluding hydrogens is 378 g/mol. The Morgan fingerprint density at radius 2 is 1.86 bits per heavy atom. The van der Waals surface area contributed by atoms with Gasteiger partial charge in [-0.05, 0) is 30.0 Å². The second-order valence-corrected chi connectivity index (χ2v) is 9.63. The maximum absolute atomic E-state index is 12.4. The minimum Gasteiger partial charge on any atom is -0.341 e. The van der Waals surface area contributed by atoms with E-state index in [2.05, 4.69) is 15.9 Å². The molecule has 0 aromatic heterocycles. The van der Waals surface area contributed by atoms with Gasteiger partial charge < -0.3 is 4.90 Å². The summed E-state index contributed by atoms with van der Waals surface area (Å²) in [6, 6.07) is 2.94. The van der Waals surface area contributed by atoms with Gasteiger partial charge >= 0.3 is 0 Å². The van der Waals surface area contributed by atoms with Crippen LogP contribution in [0.2, 0.25) is 0 Å². The van der Waals surface area contributed by atoms with Crippen LogP contribution < -0.4 is 0 Å². The Morgan fingerprint density at radius 3 is 2.29 bits per heavy atom. The molecule has 21 heavy (non-hydrogen) atoms. The van der Waals surface area contributed by atoms with Crippen LogP contribution in [-0.2, 0) is 9.05 Å².